The lowest BCUT2D eigenvalue weighted by atomic mass is 10.0. The van der Waals surface area contributed by atoms with Crippen LogP contribution in [-0.4, -0.2) is 24.5 Å². The Morgan fingerprint density at radius 3 is 2.39 bits per heavy atom. The second kappa shape index (κ2) is 9.51. The molecule has 0 saturated carbocycles. The lowest BCUT2D eigenvalue weighted by Crippen LogP contribution is -2.27. The molecule has 1 unspecified atom stereocenters. The molecule has 1 atom stereocenters. The first-order valence-corrected chi connectivity index (χ1v) is 10.2. The fraction of sp³-hybridized carbons (Fsp3) is 0.391. The Hall–Kier alpha value is -2.87. The number of alkyl halides is 3. The van der Waals surface area contributed by atoms with Gasteiger partial charge in [-0.05, 0) is 61.1 Å². The number of halogens is 3. The number of nitrogens with one attached hydrogen (secondary N) is 2. The van der Waals surface area contributed by atoms with Crippen LogP contribution in [0.4, 0.5) is 24.5 Å². The van der Waals surface area contributed by atoms with Gasteiger partial charge in [0.25, 0.3) is 11.8 Å². The molecular weight excluding hydrogens is 409 g/mol. The molecule has 0 spiro atoms. The van der Waals surface area contributed by atoms with E-state index in [1.54, 1.807) is 24.3 Å². The van der Waals surface area contributed by atoms with Crippen LogP contribution in [0.3, 0.4) is 0 Å². The number of hydrogen-bond acceptors (Lipinski definition) is 3. The van der Waals surface area contributed by atoms with Gasteiger partial charge in [0.2, 0.25) is 0 Å². The molecule has 31 heavy (non-hydrogen) atoms. The summed E-state index contributed by atoms with van der Waals surface area (Å²) in [6.07, 6.45) is -3.27. The number of carbonyl (C=O) groups excluding carboxylic acids is 2. The Bertz CT molecular complexity index is 934. The minimum atomic E-state index is -4.71. The highest BCUT2D eigenvalue weighted by atomic mass is 19.4. The Balaban J connectivity index is 1.76. The highest BCUT2D eigenvalue weighted by Crippen LogP contribution is 2.37. The van der Waals surface area contributed by atoms with E-state index in [1.807, 2.05) is 0 Å². The van der Waals surface area contributed by atoms with Crippen molar-refractivity contribution in [3.8, 4) is 0 Å². The zero-order valence-corrected chi connectivity index (χ0v) is 17.4. The number of anilines is 2. The Kier molecular flexibility index (Phi) is 7.00. The summed E-state index contributed by atoms with van der Waals surface area (Å²) in [5.74, 6) is -0.671. The third-order valence-corrected chi connectivity index (χ3v) is 4.92. The first kappa shape index (κ1) is 22.8. The average Bonchev–Trinajstić information content (AvgIpc) is 3.23. The number of benzene rings is 2. The van der Waals surface area contributed by atoms with Gasteiger partial charge in [0.05, 0.1) is 11.3 Å². The summed E-state index contributed by atoms with van der Waals surface area (Å²) in [5.41, 5.74) is -0.115. The van der Waals surface area contributed by atoms with Crippen molar-refractivity contribution in [2.75, 3.05) is 17.2 Å². The third kappa shape index (κ3) is 6.07. The molecule has 2 amide bonds. The minimum Gasteiger partial charge on any atom is -0.368 e. The lowest BCUT2D eigenvalue weighted by molar-refractivity contribution is -0.137. The van der Waals surface area contributed by atoms with Crippen LogP contribution >= 0.6 is 0 Å². The summed E-state index contributed by atoms with van der Waals surface area (Å²) in [4.78, 5) is 24.6. The van der Waals surface area contributed by atoms with Crippen LogP contribution in [0, 0.1) is 5.92 Å². The van der Waals surface area contributed by atoms with Crippen LogP contribution in [-0.2, 0) is 22.1 Å². The van der Waals surface area contributed by atoms with Gasteiger partial charge < -0.3 is 15.4 Å². The largest absolute Gasteiger partial charge is 0.418 e. The summed E-state index contributed by atoms with van der Waals surface area (Å²) in [6, 6.07) is 10.1. The minimum absolute atomic E-state index is 0.0103. The summed E-state index contributed by atoms with van der Waals surface area (Å²) >= 11 is 0. The SMILES string of the molecule is CC(C)Cc1ccc(C(=O)Nc2ccc(NC(=O)C3CCCO3)cc2C(F)(F)F)cc1. The molecule has 2 aromatic rings. The van der Waals surface area contributed by atoms with E-state index < -0.39 is 29.7 Å². The van der Waals surface area contributed by atoms with Gasteiger partial charge in [0.1, 0.15) is 6.10 Å². The highest BCUT2D eigenvalue weighted by Gasteiger charge is 2.35. The van der Waals surface area contributed by atoms with Crippen molar-refractivity contribution >= 4 is 23.2 Å². The van der Waals surface area contributed by atoms with Crippen LogP contribution < -0.4 is 10.6 Å². The van der Waals surface area contributed by atoms with E-state index >= 15 is 0 Å². The topological polar surface area (TPSA) is 67.4 Å². The standard InChI is InChI=1S/C23H25F3N2O3/c1-14(2)12-15-5-7-16(8-6-15)21(29)28-19-10-9-17(13-18(19)23(24,25)26)27-22(30)20-4-3-11-31-20/h5-10,13-14,20H,3-4,11-12H2,1-2H3,(H,27,30)(H,28,29). The molecule has 3 rings (SSSR count). The molecule has 0 aliphatic carbocycles. The van der Waals surface area contributed by atoms with Gasteiger partial charge in [0.15, 0.2) is 0 Å². The zero-order valence-electron chi connectivity index (χ0n) is 17.4. The molecule has 0 radical (unpaired) electrons. The van der Waals surface area contributed by atoms with E-state index in [-0.39, 0.29) is 16.9 Å². The molecule has 1 fully saturated rings. The Morgan fingerprint density at radius 2 is 1.81 bits per heavy atom. The maximum Gasteiger partial charge on any atom is 0.418 e. The molecule has 5 nitrogen and oxygen atoms in total. The maximum atomic E-state index is 13.6. The second-order valence-electron chi connectivity index (χ2n) is 8.00. The van der Waals surface area contributed by atoms with Crippen molar-refractivity contribution in [1.82, 2.24) is 0 Å². The lowest BCUT2D eigenvalue weighted by Gasteiger charge is -2.17. The van der Waals surface area contributed by atoms with Crippen molar-refractivity contribution in [2.24, 2.45) is 5.92 Å². The average molecular weight is 434 g/mol. The Labute approximate surface area is 179 Å². The molecule has 166 valence electrons. The highest BCUT2D eigenvalue weighted by molar-refractivity contribution is 6.05. The first-order valence-electron chi connectivity index (χ1n) is 10.2. The van der Waals surface area contributed by atoms with Crippen molar-refractivity contribution in [1.29, 1.82) is 0 Å². The molecule has 2 N–H and O–H groups in total. The van der Waals surface area contributed by atoms with Gasteiger partial charge in [-0.15, -0.1) is 0 Å². The van der Waals surface area contributed by atoms with Crippen molar-refractivity contribution in [3.05, 3.63) is 59.2 Å². The van der Waals surface area contributed by atoms with Crippen LogP contribution in [0.1, 0.15) is 48.2 Å². The predicted octanol–water partition coefficient (Wildman–Crippen LogP) is 5.27. The van der Waals surface area contributed by atoms with Crippen LogP contribution in [0.2, 0.25) is 0 Å². The molecule has 2 aromatic carbocycles. The smallest absolute Gasteiger partial charge is 0.368 e. The Morgan fingerprint density at radius 1 is 1.10 bits per heavy atom. The van der Waals surface area contributed by atoms with Crippen molar-refractivity contribution in [3.63, 3.8) is 0 Å². The van der Waals surface area contributed by atoms with Gasteiger partial charge in [0, 0.05) is 17.9 Å². The quantitative estimate of drug-likeness (QED) is 0.651. The number of carbonyl (C=O) groups is 2. The summed E-state index contributed by atoms with van der Waals surface area (Å²) in [6.45, 7) is 4.60. The molecule has 0 bridgehead atoms. The maximum absolute atomic E-state index is 13.6. The van der Waals surface area contributed by atoms with Crippen molar-refractivity contribution < 1.29 is 27.5 Å². The first-order chi connectivity index (χ1) is 14.6. The summed E-state index contributed by atoms with van der Waals surface area (Å²) in [7, 11) is 0. The van der Waals surface area contributed by atoms with Gasteiger partial charge in [-0.1, -0.05) is 26.0 Å². The monoisotopic (exact) mass is 434 g/mol. The molecule has 1 aliphatic rings. The molecule has 1 heterocycles. The van der Waals surface area contributed by atoms with Gasteiger partial charge in [-0.25, -0.2) is 0 Å². The van der Waals surface area contributed by atoms with E-state index in [4.69, 9.17) is 4.74 Å². The van der Waals surface area contributed by atoms with E-state index in [0.717, 1.165) is 30.5 Å². The number of amides is 2. The van der Waals surface area contributed by atoms with E-state index in [1.165, 1.54) is 6.07 Å². The number of rotatable bonds is 6. The normalized spacial score (nSPS) is 16.4. The second-order valence-corrected chi connectivity index (χ2v) is 8.00. The number of hydrogen-bond donors (Lipinski definition) is 2. The third-order valence-electron chi connectivity index (χ3n) is 4.92. The van der Waals surface area contributed by atoms with Crippen molar-refractivity contribution in [2.45, 2.75) is 45.4 Å². The zero-order chi connectivity index (χ0) is 22.6. The van der Waals surface area contributed by atoms with Gasteiger partial charge >= 0.3 is 6.18 Å². The summed E-state index contributed by atoms with van der Waals surface area (Å²) < 4.78 is 46.1. The van der Waals surface area contributed by atoms with Crippen LogP contribution in [0.5, 0.6) is 0 Å². The van der Waals surface area contributed by atoms with E-state index in [0.29, 0.717) is 18.9 Å². The summed E-state index contributed by atoms with van der Waals surface area (Å²) in [5, 5.41) is 4.79. The fourth-order valence-electron chi connectivity index (χ4n) is 3.43. The van der Waals surface area contributed by atoms with Crippen LogP contribution in [0.25, 0.3) is 0 Å². The van der Waals surface area contributed by atoms with Crippen LogP contribution in [0.15, 0.2) is 42.5 Å². The molecular formula is C23H25F3N2O3. The van der Waals surface area contributed by atoms with E-state index in [9.17, 15) is 22.8 Å². The number of ether oxygens (including phenoxy) is 1. The molecule has 8 heteroatoms. The van der Waals surface area contributed by atoms with Gasteiger partial charge in [-0.3, -0.25) is 9.59 Å². The predicted molar refractivity (Wildman–Crippen MR) is 112 cm³/mol. The fourth-order valence-corrected chi connectivity index (χ4v) is 3.43. The van der Waals surface area contributed by atoms with Gasteiger partial charge in [-0.2, -0.15) is 13.2 Å². The van der Waals surface area contributed by atoms with E-state index in [2.05, 4.69) is 24.5 Å². The molecule has 1 saturated heterocycles. The molecule has 0 aromatic heterocycles. The molecule has 1 aliphatic heterocycles.